The van der Waals surface area contributed by atoms with Gasteiger partial charge in [-0.2, -0.15) is 0 Å². The zero-order valence-electron chi connectivity index (χ0n) is 7.43. The van der Waals surface area contributed by atoms with Gasteiger partial charge < -0.3 is 35.7 Å². The van der Waals surface area contributed by atoms with Crippen LogP contribution in [0, 0.1) is 0 Å². The molecule has 0 amide bonds. The van der Waals surface area contributed by atoms with Crippen molar-refractivity contribution in [3.8, 4) is 0 Å². The molecule has 0 aromatic carbocycles. The van der Waals surface area contributed by atoms with E-state index in [1.54, 1.807) is 0 Å². The van der Waals surface area contributed by atoms with E-state index in [4.69, 9.17) is 35.7 Å². The highest BCUT2D eigenvalue weighted by Gasteiger charge is 2.33. The molecule has 0 rings (SSSR count). The van der Waals surface area contributed by atoms with E-state index in [-0.39, 0.29) is 0 Å². The molecule has 0 saturated carbocycles. The monoisotopic (exact) mass is 212 g/mol. The van der Waals surface area contributed by atoms with Crippen molar-refractivity contribution in [2.75, 3.05) is 13.2 Å². The van der Waals surface area contributed by atoms with Crippen molar-refractivity contribution < 1.29 is 35.7 Å². The van der Waals surface area contributed by atoms with Crippen molar-refractivity contribution in [2.24, 2.45) is 0 Å². The van der Waals surface area contributed by atoms with Crippen LogP contribution in [0.25, 0.3) is 0 Å². The average molecular weight is 212 g/mol. The van der Waals surface area contributed by atoms with E-state index in [2.05, 4.69) is 0 Å². The Morgan fingerprint density at radius 3 is 1.07 bits per heavy atom. The normalized spacial score (nSPS) is 22.5. The summed E-state index contributed by atoms with van der Waals surface area (Å²) < 4.78 is 0. The van der Waals surface area contributed by atoms with E-state index in [0.717, 1.165) is 0 Å². The zero-order valence-corrected chi connectivity index (χ0v) is 7.43. The van der Waals surface area contributed by atoms with Gasteiger partial charge in [-0.3, -0.25) is 0 Å². The fraction of sp³-hybridized carbons (Fsp3) is 1.00. The number of aliphatic hydroxyl groups is 7. The smallest absolute Gasteiger partial charge is 0.111 e. The van der Waals surface area contributed by atoms with Crippen LogP contribution in [0.5, 0.6) is 0 Å². The van der Waals surface area contributed by atoms with E-state index in [9.17, 15) is 0 Å². The third-order valence-electron chi connectivity index (χ3n) is 1.86. The Kier molecular flexibility index (Phi) is 6.12. The third-order valence-corrected chi connectivity index (χ3v) is 1.86. The molecule has 0 aromatic rings. The highest BCUT2D eigenvalue weighted by Crippen LogP contribution is 2.07. The SMILES string of the molecule is OC[C@@H](O)[C@H](O)[C@@H](O)[C@H](O)[C@H](O)CO. The lowest BCUT2D eigenvalue weighted by Crippen LogP contribution is -2.50. The predicted octanol–water partition coefficient (Wildman–Crippen LogP) is -4.22. The molecule has 0 aliphatic heterocycles. The van der Waals surface area contributed by atoms with Crippen molar-refractivity contribution in [1.29, 1.82) is 0 Å². The standard InChI is InChI=1S/C7H16O7/c8-1-3(10)5(12)7(14)6(13)4(11)2-9/h3-14H,1-2H2/t3-,4-,5-,6+,7+/m1/s1. The Morgan fingerprint density at radius 2 is 0.857 bits per heavy atom. The molecule has 86 valence electrons. The Hall–Kier alpha value is -0.280. The van der Waals surface area contributed by atoms with E-state index in [1.165, 1.54) is 0 Å². The quantitative estimate of drug-likeness (QED) is 0.236. The summed E-state index contributed by atoms with van der Waals surface area (Å²) in [5.74, 6) is 0. The number of aliphatic hydroxyl groups excluding tert-OH is 7. The van der Waals surface area contributed by atoms with Gasteiger partial charge in [0.05, 0.1) is 13.2 Å². The highest BCUT2D eigenvalue weighted by atomic mass is 16.4. The Labute approximate surface area is 80.5 Å². The summed E-state index contributed by atoms with van der Waals surface area (Å²) in [5, 5.41) is 61.9. The van der Waals surface area contributed by atoms with Gasteiger partial charge in [0.2, 0.25) is 0 Å². The van der Waals surface area contributed by atoms with Crippen LogP contribution in [0.1, 0.15) is 0 Å². The van der Waals surface area contributed by atoms with Crippen molar-refractivity contribution in [2.45, 2.75) is 30.5 Å². The summed E-state index contributed by atoms with van der Waals surface area (Å²) in [4.78, 5) is 0. The topological polar surface area (TPSA) is 142 Å². The minimum Gasteiger partial charge on any atom is -0.394 e. The molecule has 14 heavy (non-hydrogen) atoms. The molecule has 7 nitrogen and oxygen atoms in total. The van der Waals surface area contributed by atoms with Gasteiger partial charge in [0.1, 0.15) is 30.5 Å². The molecule has 0 saturated heterocycles. The maximum atomic E-state index is 9.15. The lowest BCUT2D eigenvalue weighted by molar-refractivity contribution is -0.145. The first-order chi connectivity index (χ1) is 6.45. The van der Waals surface area contributed by atoms with E-state index >= 15 is 0 Å². The Balaban J connectivity index is 4.22. The molecule has 0 unspecified atom stereocenters. The molecule has 0 radical (unpaired) electrons. The van der Waals surface area contributed by atoms with Crippen LogP contribution >= 0.6 is 0 Å². The second-order valence-electron chi connectivity index (χ2n) is 2.97. The fourth-order valence-electron chi connectivity index (χ4n) is 0.873. The maximum absolute atomic E-state index is 9.15. The van der Waals surface area contributed by atoms with Crippen LogP contribution in [-0.4, -0.2) is 79.5 Å². The summed E-state index contributed by atoms with van der Waals surface area (Å²) in [7, 11) is 0. The summed E-state index contributed by atoms with van der Waals surface area (Å²) >= 11 is 0. The molecule has 7 heteroatoms. The molecule has 5 atom stereocenters. The van der Waals surface area contributed by atoms with Crippen molar-refractivity contribution in [3.63, 3.8) is 0 Å². The van der Waals surface area contributed by atoms with Crippen LogP contribution in [0.3, 0.4) is 0 Å². The lowest BCUT2D eigenvalue weighted by atomic mass is 10.00. The second-order valence-corrected chi connectivity index (χ2v) is 2.97. The van der Waals surface area contributed by atoms with Crippen molar-refractivity contribution >= 4 is 0 Å². The average Bonchev–Trinajstić information content (AvgIpc) is 2.23. The van der Waals surface area contributed by atoms with Gasteiger partial charge in [-0.1, -0.05) is 0 Å². The van der Waals surface area contributed by atoms with Crippen molar-refractivity contribution in [1.82, 2.24) is 0 Å². The molecular weight excluding hydrogens is 196 g/mol. The Morgan fingerprint density at radius 1 is 0.571 bits per heavy atom. The molecule has 0 bridgehead atoms. The van der Waals surface area contributed by atoms with Crippen LogP contribution < -0.4 is 0 Å². The summed E-state index contributed by atoms with van der Waals surface area (Å²) in [6.07, 6.45) is -8.68. The molecular formula is C7H16O7. The van der Waals surface area contributed by atoms with Gasteiger partial charge in [0.25, 0.3) is 0 Å². The van der Waals surface area contributed by atoms with Crippen LogP contribution in [0.15, 0.2) is 0 Å². The minimum atomic E-state index is -1.85. The third kappa shape index (κ3) is 3.46. The van der Waals surface area contributed by atoms with Crippen LogP contribution in [0.4, 0.5) is 0 Å². The molecule has 0 heterocycles. The molecule has 7 N–H and O–H groups in total. The first-order valence-electron chi connectivity index (χ1n) is 4.07. The van der Waals surface area contributed by atoms with Gasteiger partial charge in [-0.05, 0) is 0 Å². The van der Waals surface area contributed by atoms with Gasteiger partial charge in [0.15, 0.2) is 0 Å². The van der Waals surface area contributed by atoms with Gasteiger partial charge in [-0.25, -0.2) is 0 Å². The molecule has 0 aromatic heterocycles. The van der Waals surface area contributed by atoms with Crippen molar-refractivity contribution in [3.05, 3.63) is 0 Å². The maximum Gasteiger partial charge on any atom is 0.111 e. The molecule has 0 aliphatic carbocycles. The molecule has 0 aliphatic rings. The highest BCUT2D eigenvalue weighted by molar-refractivity contribution is 4.84. The van der Waals surface area contributed by atoms with Gasteiger partial charge >= 0.3 is 0 Å². The second kappa shape index (κ2) is 6.25. The first kappa shape index (κ1) is 13.7. The first-order valence-corrected chi connectivity index (χ1v) is 4.07. The summed E-state index contributed by atoms with van der Waals surface area (Å²) in [6, 6.07) is 0. The van der Waals surface area contributed by atoms with Gasteiger partial charge in [0, 0.05) is 0 Å². The van der Waals surface area contributed by atoms with E-state index in [0.29, 0.717) is 0 Å². The minimum absolute atomic E-state index is 0.792. The number of hydrogen-bond donors (Lipinski definition) is 7. The van der Waals surface area contributed by atoms with Crippen LogP contribution in [0.2, 0.25) is 0 Å². The lowest BCUT2D eigenvalue weighted by Gasteiger charge is -2.27. The Bertz CT molecular complexity index is 137. The van der Waals surface area contributed by atoms with E-state index in [1.807, 2.05) is 0 Å². The number of rotatable bonds is 6. The summed E-state index contributed by atoms with van der Waals surface area (Å²) in [6.45, 7) is -1.58. The largest absolute Gasteiger partial charge is 0.394 e. The van der Waals surface area contributed by atoms with Crippen LogP contribution in [-0.2, 0) is 0 Å². The van der Waals surface area contributed by atoms with E-state index < -0.39 is 43.7 Å². The fourth-order valence-corrected chi connectivity index (χ4v) is 0.873. The zero-order chi connectivity index (χ0) is 11.3. The number of hydrogen-bond acceptors (Lipinski definition) is 7. The predicted molar refractivity (Wildman–Crippen MR) is 44.2 cm³/mol. The molecule has 0 fully saturated rings. The molecule has 0 spiro atoms. The van der Waals surface area contributed by atoms with Gasteiger partial charge in [-0.15, -0.1) is 0 Å². The summed E-state index contributed by atoms with van der Waals surface area (Å²) in [5.41, 5.74) is 0.